The number of hydrogen-bond donors (Lipinski definition) is 2. The van der Waals surface area contributed by atoms with Crippen molar-refractivity contribution < 1.29 is 9.90 Å². The number of benzene rings is 1. The minimum absolute atomic E-state index is 0.194. The Morgan fingerprint density at radius 3 is 2.70 bits per heavy atom. The maximum absolute atomic E-state index is 10.9. The topological polar surface area (TPSA) is 63.3 Å². The third-order valence-corrected chi connectivity index (χ3v) is 4.08. The molecule has 0 saturated carbocycles. The van der Waals surface area contributed by atoms with E-state index in [1.807, 2.05) is 6.07 Å². The smallest absolute Gasteiger partial charge is 0.307 e. The molecule has 112 valence electrons. The Kier molecular flexibility index (Phi) is 7.35. The number of carboxylic acids is 1. The average molecular weight is 318 g/mol. The van der Waals surface area contributed by atoms with Gasteiger partial charge >= 0.3 is 5.97 Å². The van der Waals surface area contributed by atoms with E-state index in [2.05, 4.69) is 6.92 Å². The van der Waals surface area contributed by atoms with Crippen LogP contribution in [-0.4, -0.2) is 17.6 Å². The van der Waals surface area contributed by atoms with Crippen LogP contribution in [0.2, 0.25) is 10.0 Å². The van der Waals surface area contributed by atoms with Crippen molar-refractivity contribution in [2.75, 3.05) is 6.54 Å². The first kappa shape index (κ1) is 17.3. The molecule has 1 aromatic carbocycles. The Bertz CT molecular complexity index is 451. The van der Waals surface area contributed by atoms with E-state index in [1.54, 1.807) is 12.1 Å². The summed E-state index contributed by atoms with van der Waals surface area (Å²) in [7, 11) is 0. The third kappa shape index (κ3) is 5.70. The molecule has 0 aliphatic heterocycles. The molecule has 2 unspecified atom stereocenters. The van der Waals surface area contributed by atoms with Gasteiger partial charge in [0.25, 0.3) is 0 Å². The highest BCUT2D eigenvalue weighted by Crippen LogP contribution is 2.24. The number of carboxylic acid groups (broad SMARTS) is 1. The molecule has 0 saturated heterocycles. The number of rotatable bonds is 8. The van der Waals surface area contributed by atoms with Crippen LogP contribution in [0.4, 0.5) is 0 Å². The number of hydrogen-bond acceptors (Lipinski definition) is 2. The summed E-state index contributed by atoms with van der Waals surface area (Å²) in [6.07, 6.45) is 3.38. The molecule has 5 heteroatoms. The second kappa shape index (κ2) is 8.50. The van der Waals surface area contributed by atoms with E-state index in [1.165, 1.54) is 0 Å². The summed E-state index contributed by atoms with van der Waals surface area (Å²) < 4.78 is 0. The van der Waals surface area contributed by atoms with Crippen LogP contribution >= 0.6 is 23.2 Å². The summed E-state index contributed by atoms with van der Waals surface area (Å²) in [4.78, 5) is 10.9. The number of aliphatic carboxylic acids is 1. The van der Waals surface area contributed by atoms with Gasteiger partial charge in [0.15, 0.2) is 0 Å². The van der Waals surface area contributed by atoms with E-state index in [4.69, 9.17) is 34.0 Å². The summed E-state index contributed by atoms with van der Waals surface area (Å²) in [5, 5.41) is 10.4. The Balaban J connectivity index is 2.40. The maximum Gasteiger partial charge on any atom is 0.307 e. The van der Waals surface area contributed by atoms with E-state index in [9.17, 15) is 4.79 Å². The van der Waals surface area contributed by atoms with Crippen LogP contribution < -0.4 is 5.73 Å². The van der Waals surface area contributed by atoms with Crippen LogP contribution in [0.15, 0.2) is 18.2 Å². The van der Waals surface area contributed by atoms with E-state index in [0.29, 0.717) is 17.4 Å². The normalized spacial score (nSPS) is 14.0. The van der Waals surface area contributed by atoms with Gasteiger partial charge in [0, 0.05) is 16.6 Å². The summed E-state index contributed by atoms with van der Waals surface area (Å²) in [5.41, 5.74) is 6.51. The van der Waals surface area contributed by atoms with Gasteiger partial charge in [0.1, 0.15) is 0 Å². The molecule has 3 nitrogen and oxygen atoms in total. The summed E-state index contributed by atoms with van der Waals surface area (Å²) in [5.74, 6) is -0.922. The summed E-state index contributed by atoms with van der Waals surface area (Å²) in [6.45, 7) is 2.25. The van der Waals surface area contributed by atoms with Gasteiger partial charge in [-0.3, -0.25) is 4.79 Å². The van der Waals surface area contributed by atoms with E-state index in [-0.39, 0.29) is 6.54 Å². The quantitative estimate of drug-likeness (QED) is 0.761. The number of carbonyl (C=O) groups is 1. The Morgan fingerprint density at radius 1 is 1.40 bits per heavy atom. The summed E-state index contributed by atoms with van der Waals surface area (Å²) >= 11 is 12.0. The zero-order valence-corrected chi connectivity index (χ0v) is 13.1. The highest BCUT2D eigenvalue weighted by atomic mass is 35.5. The molecule has 0 aromatic heterocycles. The minimum Gasteiger partial charge on any atom is -0.481 e. The number of nitrogens with two attached hydrogens (primary N) is 1. The first-order chi connectivity index (χ1) is 9.43. The molecule has 20 heavy (non-hydrogen) atoms. The molecule has 1 rings (SSSR count). The monoisotopic (exact) mass is 317 g/mol. The van der Waals surface area contributed by atoms with Gasteiger partial charge in [0.2, 0.25) is 0 Å². The fourth-order valence-corrected chi connectivity index (χ4v) is 2.68. The highest BCUT2D eigenvalue weighted by Gasteiger charge is 2.18. The summed E-state index contributed by atoms with van der Waals surface area (Å²) in [6, 6.07) is 5.46. The lowest BCUT2D eigenvalue weighted by Gasteiger charge is -2.16. The Morgan fingerprint density at radius 2 is 2.10 bits per heavy atom. The Hall–Kier alpha value is -0.770. The van der Waals surface area contributed by atoms with Gasteiger partial charge in [-0.1, -0.05) is 36.5 Å². The minimum atomic E-state index is -0.808. The average Bonchev–Trinajstić information content (AvgIpc) is 2.39. The highest BCUT2D eigenvalue weighted by molar-refractivity contribution is 6.33. The zero-order chi connectivity index (χ0) is 15.1. The number of aryl methyl sites for hydroxylation is 1. The van der Waals surface area contributed by atoms with Crippen LogP contribution in [0.3, 0.4) is 0 Å². The Labute approximate surface area is 130 Å². The van der Waals surface area contributed by atoms with Crippen molar-refractivity contribution in [1.82, 2.24) is 0 Å². The largest absolute Gasteiger partial charge is 0.481 e. The lowest BCUT2D eigenvalue weighted by Crippen LogP contribution is -2.25. The van der Waals surface area contributed by atoms with Gasteiger partial charge in [0.05, 0.1) is 5.92 Å². The molecule has 0 fully saturated rings. The van der Waals surface area contributed by atoms with Crippen molar-refractivity contribution in [3.63, 3.8) is 0 Å². The predicted molar refractivity (Wildman–Crippen MR) is 83.4 cm³/mol. The van der Waals surface area contributed by atoms with E-state index >= 15 is 0 Å². The molecule has 0 spiro atoms. The van der Waals surface area contributed by atoms with Gasteiger partial charge < -0.3 is 10.8 Å². The second-order valence-electron chi connectivity index (χ2n) is 5.24. The van der Waals surface area contributed by atoms with Gasteiger partial charge in [-0.05, 0) is 48.9 Å². The maximum atomic E-state index is 10.9. The van der Waals surface area contributed by atoms with Gasteiger partial charge in [-0.15, -0.1) is 0 Å². The molecule has 0 radical (unpaired) electrons. The third-order valence-electron chi connectivity index (χ3n) is 3.47. The SMILES string of the molecule is CC(CCCc1cc(Cl)ccc1Cl)CC(CN)C(=O)O. The fourth-order valence-electron chi connectivity index (χ4n) is 2.28. The van der Waals surface area contributed by atoms with E-state index < -0.39 is 11.9 Å². The zero-order valence-electron chi connectivity index (χ0n) is 11.6. The van der Waals surface area contributed by atoms with Crippen molar-refractivity contribution in [3.8, 4) is 0 Å². The van der Waals surface area contributed by atoms with Crippen LogP contribution in [0.1, 0.15) is 31.7 Å². The van der Waals surface area contributed by atoms with Crippen molar-refractivity contribution in [2.24, 2.45) is 17.6 Å². The molecule has 3 N–H and O–H groups in total. The lowest BCUT2D eigenvalue weighted by atomic mass is 9.91. The van der Waals surface area contributed by atoms with Crippen LogP contribution in [0.5, 0.6) is 0 Å². The van der Waals surface area contributed by atoms with Crippen molar-refractivity contribution in [3.05, 3.63) is 33.8 Å². The van der Waals surface area contributed by atoms with E-state index in [0.717, 1.165) is 29.8 Å². The van der Waals surface area contributed by atoms with Crippen LogP contribution in [-0.2, 0) is 11.2 Å². The standard InChI is InChI=1S/C15H21Cl2NO2/c1-10(7-12(9-18)15(19)20)3-2-4-11-8-13(16)5-6-14(11)17/h5-6,8,10,12H,2-4,7,9,18H2,1H3,(H,19,20). The van der Waals surface area contributed by atoms with Crippen LogP contribution in [0.25, 0.3) is 0 Å². The van der Waals surface area contributed by atoms with Crippen LogP contribution in [0, 0.1) is 11.8 Å². The molecule has 0 bridgehead atoms. The van der Waals surface area contributed by atoms with Crippen molar-refractivity contribution in [1.29, 1.82) is 0 Å². The number of halogens is 2. The van der Waals surface area contributed by atoms with Crippen molar-refractivity contribution >= 4 is 29.2 Å². The predicted octanol–water partition coefficient (Wildman–Crippen LogP) is 4.00. The van der Waals surface area contributed by atoms with Gasteiger partial charge in [-0.2, -0.15) is 0 Å². The molecule has 0 heterocycles. The second-order valence-corrected chi connectivity index (χ2v) is 6.08. The molecule has 2 atom stereocenters. The van der Waals surface area contributed by atoms with Crippen molar-refractivity contribution in [2.45, 2.75) is 32.6 Å². The molecular weight excluding hydrogens is 297 g/mol. The van der Waals surface area contributed by atoms with Gasteiger partial charge in [-0.25, -0.2) is 0 Å². The molecule has 0 amide bonds. The lowest BCUT2D eigenvalue weighted by molar-refractivity contribution is -0.141. The molecule has 0 aliphatic rings. The fraction of sp³-hybridized carbons (Fsp3) is 0.533. The first-order valence-electron chi connectivity index (χ1n) is 6.80. The molecular formula is C15H21Cl2NO2. The first-order valence-corrected chi connectivity index (χ1v) is 7.56. The molecule has 1 aromatic rings. The molecule has 0 aliphatic carbocycles.